The van der Waals surface area contributed by atoms with Crippen molar-refractivity contribution in [1.82, 2.24) is 9.97 Å². The lowest BCUT2D eigenvalue weighted by molar-refractivity contribution is -0.117. The van der Waals surface area contributed by atoms with Crippen LogP contribution in [0.3, 0.4) is 0 Å². The zero-order valence-electron chi connectivity index (χ0n) is 10.0. The van der Waals surface area contributed by atoms with Gasteiger partial charge in [-0.15, -0.1) is 11.3 Å². The van der Waals surface area contributed by atoms with Crippen molar-refractivity contribution in [1.29, 1.82) is 0 Å². The number of pyridine rings is 1. The van der Waals surface area contributed by atoms with Crippen LogP contribution in [0, 0.1) is 0 Å². The summed E-state index contributed by atoms with van der Waals surface area (Å²) in [4.78, 5) is 19.4. The molecule has 0 spiro atoms. The van der Waals surface area contributed by atoms with Gasteiger partial charge in [0.2, 0.25) is 5.91 Å². The molecule has 2 heterocycles. The number of carbonyl (C=O) groups excluding carboxylic acids is 1. The lowest BCUT2D eigenvalue weighted by Gasteiger charge is -1.99. The highest BCUT2D eigenvalue weighted by atomic mass is 32.1. The van der Waals surface area contributed by atoms with Crippen LogP contribution in [0.1, 0.15) is 5.01 Å². The lowest BCUT2D eigenvalue weighted by Crippen LogP contribution is -2.13. The van der Waals surface area contributed by atoms with Crippen LogP contribution in [0.15, 0.2) is 42.7 Å². The van der Waals surface area contributed by atoms with Crippen LogP contribution in [0.25, 0.3) is 21.3 Å². The molecule has 0 unspecified atom stereocenters. The lowest BCUT2D eigenvalue weighted by atomic mass is 10.1. The number of amides is 1. The van der Waals surface area contributed by atoms with Crippen molar-refractivity contribution in [3.8, 4) is 11.1 Å². The summed E-state index contributed by atoms with van der Waals surface area (Å²) in [6.45, 7) is 0. The van der Waals surface area contributed by atoms with Crippen LogP contribution in [-0.2, 0) is 11.2 Å². The second kappa shape index (κ2) is 4.78. The Balaban J connectivity index is 2.03. The molecular formula is C14H11N3OS. The quantitative estimate of drug-likeness (QED) is 0.793. The molecule has 3 aromatic rings. The number of rotatable bonds is 3. The summed E-state index contributed by atoms with van der Waals surface area (Å²) in [5, 5.41) is 0.755. The average Bonchev–Trinajstić information content (AvgIpc) is 2.79. The van der Waals surface area contributed by atoms with Gasteiger partial charge in [-0.05, 0) is 23.8 Å². The van der Waals surface area contributed by atoms with Crippen molar-refractivity contribution in [2.75, 3.05) is 0 Å². The Morgan fingerprint density at radius 2 is 2.16 bits per heavy atom. The second-order valence-corrected chi connectivity index (χ2v) is 5.29. The van der Waals surface area contributed by atoms with Crippen molar-refractivity contribution < 1.29 is 4.79 Å². The van der Waals surface area contributed by atoms with Gasteiger partial charge in [-0.3, -0.25) is 9.78 Å². The zero-order valence-corrected chi connectivity index (χ0v) is 10.9. The molecule has 0 radical (unpaired) electrons. The fourth-order valence-electron chi connectivity index (χ4n) is 1.91. The summed E-state index contributed by atoms with van der Waals surface area (Å²) in [6, 6.07) is 9.95. The molecule has 0 aliphatic heterocycles. The predicted molar refractivity (Wildman–Crippen MR) is 75.7 cm³/mol. The number of carbonyl (C=O) groups is 1. The molecule has 0 saturated heterocycles. The van der Waals surface area contributed by atoms with Gasteiger partial charge in [-0.25, -0.2) is 4.98 Å². The molecule has 0 aliphatic rings. The molecular weight excluding hydrogens is 258 g/mol. The van der Waals surface area contributed by atoms with E-state index in [0.29, 0.717) is 0 Å². The third kappa shape index (κ3) is 2.46. The third-order valence-electron chi connectivity index (χ3n) is 2.75. The van der Waals surface area contributed by atoms with Crippen LogP contribution in [0.5, 0.6) is 0 Å². The third-order valence-corrected chi connectivity index (χ3v) is 3.77. The first-order valence-electron chi connectivity index (χ1n) is 5.80. The average molecular weight is 269 g/mol. The number of hydrogen-bond acceptors (Lipinski definition) is 4. The molecule has 0 fully saturated rings. The smallest absolute Gasteiger partial charge is 0.224 e. The summed E-state index contributed by atoms with van der Waals surface area (Å²) >= 11 is 1.50. The topological polar surface area (TPSA) is 68.9 Å². The molecule has 94 valence electrons. The molecule has 1 aromatic carbocycles. The molecule has 19 heavy (non-hydrogen) atoms. The van der Waals surface area contributed by atoms with Gasteiger partial charge < -0.3 is 5.73 Å². The van der Waals surface area contributed by atoms with Crippen LogP contribution in [0.2, 0.25) is 0 Å². The van der Waals surface area contributed by atoms with Crippen LogP contribution in [0.4, 0.5) is 0 Å². The van der Waals surface area contributed by atoms with Gasteiger partial charge in [0, 0.05) is 18.0 Å². The molecule has 0 bridgehead atoms. The van der Waals surface area contributed by atoms with Gasteiger partial charge in [-0.1, -0.05) is 12.1 Å². The summed E-state index contributed by atoms with van der Waals surface area (Å²) in [5.41, 5.74) is 8.24. The van der Waals surface area contributed by atoms with E-state index in [4.69, 9.17) is 5.73 Å². The summed E-state index contributed by atoms with van der Waals surface area (Å²) < 4.78 is 1.05. The van der Waals surface area contributed by atoms with Gasteiger partial charge in [-0.2, -0.15) is 0 Å². The Bertz CT molecular complexity index is 737. The number of fused-ring (bicyclic) bond motifs is 1. The molecule has 1 amide bonds. The molecule has 5 heteroatoms. The fourth-order valence-corrected chi connectivity index (χ4v) is 2.93. The maximum atomic E-state index is 10.9. The number of nitrogens with zero attached hydrogens (tertiary/aromatic N) is 2. The first-order chi connectivity index (χ1) is 9.22. The van der Waals surface area contributed by atoms with Crippen molar-refractivity contribution >= 4 is 27.5 Å². The highest BCUT2D eigenvalue weighted by molar-refractivity contribution is 7.18. The first kappa shape index (κ1) is 11.8. The normalized spacial score (nSPS) is 10.7. The maximum absolute atomic E-state index is 10.9. The van der Waals surface area contributed by atoms with Gasteiger partial charge in [0.05, 0.1) is 16.6 Å². The number of benzene rings is 1. The monoisotopic (exact) mass is 269 g/mol. The fraction of sp³-hybridized carbons (Fsp3) is 0.0714. The van der Waals surface area contributed by atoms with E-state index >= 15 is 0 Å². The zero-order chi connectivity index (χ0) is 13.2. The highest BCUT2D eigenvalue weighted by Crippen LogP contribution is 2.28. The molecule has 0 aliphatic carbocycles. The van der Waals surface area contributed by atoms with E-state index in [1.54, 1.807) is 6.20 Å². The van der Waals surface area contributed by atoms with Crippen LogP contribution < -0.4 is 5.73 Å². The minimum absolute atomic E-state index is 0.196. The van der Waals surface area contributed by atoms with E-state index in [0.717, 1.165) is 26.4 Å². The van der Waals surface area contributed by atoms with Gasteiger partial charge in [0.25, 0.3) is 0 Å². The van der Waals surface area contributed by atoms with Gasteiger partial charge >= 0.3 is 0 Å². The molecule has 0 saturated carbocycles. The number of primary amides is 1. The Morgan fingerprint density at radius 3 is 2.89 bits per heavy atom. The van der Waals surface area contributed by atoms with E-state index in [1.165, 1.54) is 11.3 Å². The predicted octanol–water partition coefficient (Wildman–Crippen LogP) is 2.39. The Kier molecular flexibility index (Phi) is 2.97. The van der Waals surface area contributed by atoms with E-state index in [9.17, 15) is 4.79 Å². The number of hydrogen-bond donors (Lipinski definition) is 1. The summed E-state index contributed by atoms with van der Waals surface area (Å²) in [5.74, 6) is -0.355. The molecule has 3 rings (SSSR count). The van der Waals surface area contributed by atoms with E-state index in [2.05, 4.69) is 16.0 Å². The standard InChI is InChI=1S/C14H11N3OS/c15-13(18)7-14-17-11-4-3-9(6-12(11)19-14)10-2-1-5-16-8-10/h1-6,8H,7H2,(H2,15,18). The Hall–Kier alpha value is -2.27. The Labute approximate surface area is 113 Å². The van der Waals surface area contributed by atoms with Crippen molar-refractivity contribution in [3.05, 3.63) is 47.7 Å². The van der Waals surface area contributed by atoms with E-state index in [1.807, 2.05) is 30.5 Å². The minimum atomic E-state index is -0.355. The van der Waals surface area contributed by atoms with Crippen molar-refractivity contribution in [2.24, 2.45) is 5.73 Å². The van der Waals surface area contributed by atoms with Crippen molar-refractivity contribution in [3.63, 3.8) is 0 Å². The second-order valence-electron chi connectivity index (χ2n) is 4.17. The van der Waals surface area contributed by atoms with Crippen molar-refractivity contribution in [2.45, 2.75) is 6.42 Å². The Morgan fingerprint density at radius 1 is 1.26 bits per heavy atom. The molecule has 4 nitrogen and oxygen atoms in total. The number of aromatic nitrogens is 2. The number of thiazole rings is 1. The van der Waals surface area contributed by atoms with Gasteiger partial charge in [0.1, 0.15) is 5.01 Å². The largest absolute Gasteiger partial charge is 0.369 e. The van der Waals surface area contributed by atoms with Gasteiger partial charge in [0.15, 0.2) is 0 Å². The number of nitrogens with two attached hydrogens (primary N) is 1. The first-order valence-corrected chi connectivity index (χ1v) is 6.62. The summed E-state index contributed by atoms with van der Waals surface area (Å²) in [6.07, 6.45) is 3.77. The minimum Gasteiger partial charge on any atom is -0.369 e. The van der Waals surface area contributed by atoms with Crippen LogP contribution in [-0.4, -0.2) is 15.9 Å². The van der Waals surface area contributed by atoms with E-state index in [-0.39, 0.29) is 12.3 Å². The van der Waals surface area contributed by atoms with E-state index < -0.39 is 0 Å². The highest BCUT2D eigenvalue weighted by Gasteiger charge is 2.07. The van der Waals surface area contributed by atoms with Crippen LogP contribution >= 0.6 is 11.3 Å². The maximum Gasteiger partial charge on any atom is 0.224 e. The summed E-state index contributed by atoms with van der Waals surface area (Å²) in [7, 11) is 0. The molecule has 0 atom stereocenters. The molecule has 2 N–H and O–H groups in total. The molecule has 2 aromatic heterocycles. The SMILES string of the molecule is NC(=O)Cc1nc2ccc(-c3cccnc3)cc2s1.